The molecule has 4 rings (SSSR count). The largest absolute Gasteiger partial charge is 0.324 e. The number of rotatable bonds is 3. The Bertz CT molecular complexity index is 1100. The van der Waals surface area contributed by atoms with Crippen LogP contribution in [0.3, 0.4) is 0 Å². The van der Waals surface area contributed by atoms with Crippen LogP contribution in [0, 0.1) is 23.4 Å². The Balaban J connectivity index is 1.55. The first-order valence-corrected chi connectivity index (χ1v) is 8.54. The number of pyridine rings is 1. The molecule has 2 amide bonds. The highest BCUT2D eigenvalue weighted by Gasteiger charge is 2.37. The topological polar surface area (TPSA) is 62.3 Å². The van der Waals surface area contributed by atoms with Crippen LogP contribution in [0.5, 0.6) is 0 Å². The van der Waals surface area contributed by atoms with Crippen molar-refractivity contribution in [3.8, 4) is 0 Å². The predicted octanol–water partition coefficient (Wildman–Crippen LogP) is 3.64. The molecule has 0 saturated carbocycles. The minimum absolute atomic E-state index is 0.134. The Morgan fingerprint density at radius 2 is 1.86 bits per heavy atom. The quantitative estimate of drug-likeness (QED) is 0.700. The van der Waals surface area contributed by atoms with Crippen molar-refractivity contribution in [1.29, 1.82) is 0 Å². The van der Waals surface area contributed by atoms with Crippen molar-refractivity contribution in [3.63, 3.8) is 0 Å². The molecule has 0 spiro atoms. The molecule has 1 aliphatic heterocycles. The first kappa shape index (κ1) is 18.0. The van der Waals surface area contributed by atoms with E-state index in [4.69, 9.17) is 0 Å². The molecule has 1 N–H and O–H groups in total. The van der Waals surface area contributed by atoms with E-state index >= 15 is 0 Å². The summed E-state index contributed by atoms with van der Waals surface area (Å²) in [5, 5.41) is 3.59. The van der Waals surface area contributed by atoms with E-state index in [-0.39, 0.29) is 18.7 Å². The lowest BCUT2D eigenvalue weighted by Gasteiger charge is -2.18. The van der Waals surface area contributed by atoms with Crippen molar-refractivity contribution in [2.45, 2.75) is 6.42 Å². The van der Waals surface area contributed by atoms with Gasteiger partial charge in [-0.1, -0.05) is 18.2 Å². The predicted molar refractivity (Wildman–Crippen MR) is 97.1 cm³/mol. The number of carbonyl (C=O) groups is 2. The van der Waals surface area contributed by atoms with Gasteiger partial charge in [-0.25, -0.2) is 13.2 Å². The van der Waals surface area contributed by atoms with Gasteiger partial charge in [0.25, 0.3) is 0 Å². The fraction of sp³-hybridized carbons (Fsp3) is 0.150. The second-order valence-electron chi connectivity index (χ2n) is 6.47. The lowest BCUT2D eigenvalue weighted by Crippen LogP contribution is -2.29. The van der Waals surface area contributed by atoms with E-state index in [9.17, 15) is 22.8 Å². The average molecular weight is 385 g/mol. The maximum atomic E-state index is 14.0. The third-order valence-electron chi connectivity index (χ3n) is 4.69. The van der Waals surface area contributed by atoms with E-state index in [1.807, 2.05) is 12.1 Å². The average Bonchev–Trinajstić information content (AvgIpc) is 3.08. The third-order valence-corrected chi connectivity index (χ3v) is 4.69. The Hall–Kier alpha value is -3.42. The van der Waals surface area contributed by atoms with E-state index < -0.39 is 35.2 Å². The second kappa shape index (κ2) is 6.95. The number of anilines is 2. The van der Waals surface area contributed by atoms with E-state index in [1.54, 1.807) is 24.4 Å². The number of nitrogens with one attached hydrogen (secondary N) is 1. The highest BCUT2D eigenvalue weighted by molar-refractivity contribution is 6.06. The Morgan fingerprint density at radius 3 is 2.68 bits per heavy atom. The van der Waals surface area contributed by atoms with Crippen molar-refractivity contribution >= 4 is 34.1 Å². The Morgan fingerprint density at radius 1 is 1.07 bits per heavy atom. The summed E-state index contributed by atoms with van der Waals surface area (Å²) < 4.78 is 40.6. The minimum Gasteiger partial charge on any atom is -0.324 e. The molecule has 2 aromatic carbocycles. The number of nitrogens with zero attached hydrogens (tertiary/aromatic N) is 2. The third kappa shape index (κ3) is 3.06. The van der Waals surface area contributed by atoms with Crippen molar-refractivity contribution in [2.75, 3.05) is 16.8 Å². The van der Waals surface area contributed by atoms with Crippen molar-refractivity contribution < 1.29 is 22.8 Å². The number of aromatic nitrogens is 1. The smallest absolute Gasteiger partial charge is 0.229 e. The maximum Gasteiger partial charge on any atom is 0.229 e. The zero-order chi connectivity index (χ0) is 19.8. The molecule has 142 valence electrons. The van der Waals surface area contributed by atoms with E-state index in [1.165, 1.54) is 0 Å². The summed E-state index contributed by atoms with van der Waals surface area (Å²) in [6, 6.07) is 10.7. The fourth-order valence-corrected chi connectivity index (χ4v) is 3.28. The summed E-state index contributed by atoms with van der Waals surface area (Å²) in [5.74, 6) is -6.18. The van der Waals surface area contributed by atoms with Crippen LogP contribution in [0.2, 0.25) is 0 Å². The number of hydrogen-bond acceptors (Lipinski definition) is 3. The molecule has 1 aromatic heterocycles. The van der Waals surface area contributed by atoms with Crippen molar-refractivity contribution in [1.82, 2.24) is 4.98 Å². The van der Waals surface area contributed by atoms with Crippen LogP contribution < -0.4 is 10.2 Å². The molecule has 3 aromatic rings. The van der Waals surface area contributed by atoms with Gasteiger partial charge in [0.1, 0.15) is 0 Å². The van der Waals surface area contributed by atoms with Crippen LogP contribution in [0.1, 0.15) is 6.42 Å². The minimum atomic E-state index is -1.65. The van der Waals surface area contributed by atoms with E-state index in [0.717, 1.165) is 22.4 Å². The molecule has 1 fully saturated rings. The van der Waals surface area contributed by atoms with Gasteiger partial charge in [-0.15, -0.1) is 0 Å². The van der Waals surface area contributed by atoms with Gasteiger partial charge in [-0.05, 0) is 24.3 Å². The normalized spacial score (nSPS) is 16.6. The summed E-state index contributed by atoms with van der Waals surface area (Å²) in [4.78, 5) is 30.1. The van der Waals surface area contributed by atoms with Gasteiger partial charge in [0.05, 0.1) is 22.8 Å². The summed E-state index contributed by atoms with van der Waals surface area (Å²) >= 11 is 0. The molecule has 5 nitrogen and oxygen atoms in total. The van der Waals surface area contributed by atoms with Gasteiger partial charge in [-0.2, -0.15) is 0 Å². The van der Waals surface area contributed by atoms with Gasteiger partial charge in [0.2, 0.25) is 11.8 Å². The molecule has 1 unspecified atom stereocenters. The number of amides is 2. The monoisotopic (exact) mass is 385 g/mol. The number of benzene rings is 2. The summed E-state index contributed by atoms with van der Waals surface area (Å²) in [6.07, 6.45) is 1.44. The second-order valence-corrected chi connectivity index (χ2v) is 6.47. The van der Waals surface area contributed by atoms with Crippen molar-refractivity contribution in [3.05, 3.63) is 66.1 Å². The highest BCUT2D eigenvalue weighted by Crippen LogP contribution is 2.30. The summed E-state index contributed by atoms with van der Waals surface area (Å²) in [7, 11) is 0. The SMILES string of the molecule is O=C(Nc1cccc2cccnc12)C1CC(=O)N(c2ccc(F)c(F)c2F)C1. The summed E-state index contributed by atoms with van der Waals surface area (Å²) in [5.41, 5.74) is 0.713. The van der Waals surface area contributed by atoms with Crippen LogP contribution in [0.15, 0.2) is 48.7 Å². The number of hydrogen-bond donors (Lipinski definition) is 1. The van der Waals surface area contributed by atoms with Gasteiger partial charge >= 0.3 is 0 Å². The van der Waals surface area contributed by atoms with E-state index in [0.29, 0.717) is 11.2 Å². The van der Waals surface area contributed by atoms with Gasteiger partial charge < -0.3 is 10.2 Å². The molecule has 0 aliphatic carbocycles. The molecule has 1 saturated heterocycles. The van der Waals surface area contributed by atoms with Crippen LogP contribution >= 0.6 is 0 Å². The number of carbonyl (C=O) groups excluding carboxylic acids is 2. The zero-order valence-electron chi connectivity index (χ0n) is 14.5. The van der Waals surface area contributed by atoms with E-state index in [2.05, 4.69) is 10.3 Å². The molecule has 1 atom stereocenters. The van der Waals surface area contributed by atoms with Crippen LogP contribution in [-0.4, -0.2) is 23.3 Å². The molecule has 28 heavy (non-hydrogen) atoms. The van der Waals surface area contributed by atoms with Gasteiger partial charge in [0, 0.05) is 24.5 Å². The molecule has 1 aliphatic rings. The lowest BCUT2D eigenvalue weighted by atomic mass is 10.1. The van der Waals surface area contributed by atoms with Crippen LogP contribution in [-0.2, 0) is 9.59 Å². The molecule has 8 heteroatoms. The standard InChI is InChI=1S/C20H14F3N3O2/c21-13-6-7-15(18(23)17(13)22)26-10-12(9-16(26)27)20(28)25-14-5-1-3-11-4-2-8-24-19(11)14/h1-8,12H,9-10H2,(H,25,28). The first-order chi connectivity index (χ1) is 13.5. The van der Waals surface area contributed by atoms with Crippen LogP contribution in [0.25, 0.3) is 10.9 Å². The molecule has 2 heterocycles. The van der Waals surface area contributed by atoms with Gasteiger partial charge in [-0.3, -0.25) is 14.6 Å². The number of fused-ring (bicyclic) bond motifs is 1. The molecule has 0 bridgehead atoms. The Kier molecular flexibility index (Phi) is 4.46. The molecule has 0 radical (unpaired) electrons. The first-order valence-electron chi connectivity index (χ1n) is 8.54. The lowest BCUT2D eigenvalue weighted by molar-refractivity contribution is -0.122. The number of para-hydroxylation sites is 1. The molecular formula is C20H14F3N3O2. The van der Waals surface area contributed by atoms with Crippen molar-refractivity contribution in [2.24, 2.45) is 5.92 Å². The number of halogens is 3. The summed E-state index contributed by atoms with van der Waals surface area (Å²) in [6.45, 7) is -0.134. The Labute approximate surface area is 157 Å². The van der Waals surface area contributed by atoms with Gasteiger partial charge in [0.15, 0.2) is 17.5 Å². The highest BCUT2D eigenvalue weighted by atomic mass is 19.2. The van der Waals surface area contributed by atoms with Crippen LogP contribution in [0.4, 0.5) is 24.5 Å². The fourth-order valence-electron chi connectivity index (χ4n) is 3.28. The molecular weight excluding hydrogens is 371 g/mol. The maximum absolute atomic E-state index is 14.0. The zero-order valence-corrected chi connectivity index (χ0v) is 14.5.